The molecule has 9 heteroatoms. The van der Waals surface area contributed by atoms with Crippen LogP contribution in [0.25, 0.3) is 22.1 Å². The summed E-state index contributed by atoms with van der Waals surface area (Å²) in [5.74, 6) is 0.130. The van der Waals surface area contributed by atoms with Crippen LogP contribution in [0.2, 0.25) is 0 Å². The van der Waals surface area contributed by atoms with E-state index in [1.807, 2.05) is 32.9 Å². The highest BCUT2D eigenvalue weighted by molar-refractivity contribution is 5.87. The van der Waals surface area contributed by atoms with E-state index >= 15 is 0 Å². The second kappa shape index (κ2) is 9.23. The van der Waals surface area contributed by atoms with E-state index in [2.05, 4.69) is 14.8 Å². The fourth-order valence-corrected chi connectivity index (χ4v) is 3.75. The zero-order valence-corrected chi connectivity index (χ0v) is 18.8. The molecule has 1 saturated heterocycles. The van der Waals surface area contributed by atoms with Crippen molar-refractivity contribution in [2.24, 2.45) is 0 Å². The lowest BCUT2D eigenvalue weighted by Gasteiger charge is -2.28. The van der Waals surface area contributed by atoms with E-state index in [1.165, 1.54) is 12.1 Å². The molecule has 6 nitrogen and oxygen atoms in total. The minimum Gasteiger partial charge on any atom is -0.473 e. The second-order valence-electron chi connectivity index (χ2n) is 9.08. The van der Waals surface area contributed by atoms with Gasteiger partial charge in [-0.1, -0.05) is 18.2 Å². The summed E-state index contributed by atoms with van der Waals surface area (Å²) >= 11 is 0. The second-order valence-corrected chi connectivity index (χ2v) is 9.08. The summed E-state index contributed by atoms with van der Waals surface area (Å²) in [6.45, 7) is 8.07. The van der Waals surface area contributed by atoms with E-state index in [9.17, 15) is 13.2 Å². The lowest BCUT2D eigenvalue weighted by atomic mass is 10.0. The zero-order valence-electron chi connectivity index (χ0n) is 18.8. The number of halogens is 3. The van der Waals surface area contributed by atoms with Gasteiger partial charge >= 0.3 is 6.36 Å². The van der Waals surface area contributed by atoms with Crippen LogP contribution in [-0.4, -0.2) is 47.9 Å². The van der Waals surface area contributed by atoms with Gasteiger partial charge < -0.3 is 18.7 Å². The Labute approximate surface area is 190 Å². The van der Waals surface area contributed by atoms with Crippen molar-refractivity contribution < 1.29 is 31.9 Å². The van der Waals surface area contributed by atoms with Crippen LogP contribution in [-0.2, 0) is 4.74 Å². The number of aromatic nitrogens is 1. The number of hydrogen-bond acceptors (Lipinski definition) is 6. The van der Waals surface area contributed by atoms with Gasteiger partial charge in [0.15, 0.2) is 5.58 Å². The molecule has 1 fully saturated rings. The quantitative estimate of drug-likeness (QED) is 0.427. The summed E-state index contributed by atoms with van der Waals surface area (Å²) in [5, 5.41) is 4.77. The number of benzene rings is 2. The average molecular weight is 464 g/mol. The predicted molar refractivity (Wildman–Crippen MR) is 117 cm³/mol. The Kier molecular flexibility index (Phi) is 6.54. The third-order valence-corrected chi connectivity index (χ3v) is 5.43. The topological polar surface area (TPSA) is 57.0 Å². The lowest BCUT2D eigenvalue weighted by molar-refractivity contribution is -0.274. The molecule has 4 rings (SSSR count). The van der Waals surface area contributed by atoms with Gasteiger partial charge in [0.25, 0.3) is 5.88 Å². The molecule has 3 aromatic rings. The summed E-state index contributed by atoms with van der Waals surface area (Å²) in [6, 6.07) is 11.4. The van der Waals surface area contributed by atoms with Crippen LogP contribution in [0.1, 0.15) is 33.6 Å². The molecule has 0 spiro atoms. The van der Waals surface area contributed by atoms with Crippen LogP contribution < -0.4 is 9.47 Å². The van der Waals surface area contributed by atoms with E-state index in [0.29, 0.717) is 30.2 Å². The van der Waals surface area contributed by atoms with Gasteiger partial charge in [0.2, 0.25) is 0 Å². The summed E-state index contributed by atoms with van der Waals surface area (Å²) < 4.78 is 58.4. The van der Waals surface area contributed by atoms with Crippen LogP contribution in [0.5, 0.6) is 11.6 Å². The van der Waals surface area contributed by atoms with Gasteiger partial charge in [-0.25, -0.2) is 0 Å². The van der Waals surface area contributed by atoms with E-state index in [0.717, 1.165) is 30.5 Å². The Bertz CT molecular complexity index is 1070. The third kappa shape index (κ3) is 6.17. The number of nitrogens with zero attached hydrogens (tertiary/aromatic N) is 2. The van der Waals surface area contributed by atoms with Gasteiger partial charge in [-0.2, -0.15) is 0 Å². The number of alkyl halides is 3. The maximum atomic E-state index is 12.4. The number of ether oxygens (including phenoxy) is 3. The minimum atomic E-state index is -4.72. The first-order valence-corrected chi connectivity index (χ1v) is 10.8. The number of likely N-dealkylation sites (tertiary alicyclic amines) is 1. The van der Waals surface area contributed by atoms with E-state index in [1.54, 1.807) is 18.2 Å². The molecule has 178 valence electrons. The Morgan fingerprint density at radius 2 is 1.79 bits per heavy atom. The highest BCUT2D eigenvalue weighted by Crippen LogP contribution is 2.32. The van der Waals surface area contributed by atoms with Crippen LogP contribution in [0.3, 0.4) is 0 Å². The maximum absolute atomic E-state index is 12.4. The summed E-state index contributed by atoms with van der Waals surface area (Å²) in [5.41, 5.74) is 1.91. The standard InChI is InChI=1S/C24H27F3N2O4/c1-23(2,3)31-15-29-12-4-5-18(29)14-30-22-20-13-17(8-11-21(20)33-28-22)16-6-9-19(10-7-16)32-24(25,26)27/h6-11,13,18H,4-5,12,14-15H2,1-3H3. The average Bonchev–Trinajstić information content (AvgIpc) is 3.35. The Morgan fingerprint density at radius 1 is 1.06 bits per heavy atom. The van der Waals surface area contributed by atoms with Crippen LogP contribution in [0, 0.1) is 0 Å². The summed E-state index contributed by atoms with van der Waals surface area (Å²) in [6.07, 6.45) is -2.62. The van der Waals surface area contributed by atoms with E-state index in [-0.39, 0.29) is 17.4 Å². The van der Waals surface area contributed by atoms with E-state index < -0.39 is 6.36 Å². The smallest absolute Gasteiger partial charge is 0.473 e. The van der Waals surface area contributed by atoms with Crippen molar-refractivity contribution in [3.8, 4) is 22.8 Å². The van der Waals surface area contributed by atoms with E-state index in [4.69, 9.17) is 14.0 Å². The largest absolute Gasteiger partial charge is 0.573 e. The highest BCUT2D eigenvalue weighted by atomic mass is 19.4. The zero-order chi connectivity index (χ0) is 23.6. The predicted octanol–water partition coefficient (Wildman–Crippen LogP) is 6.01. The van der Waals surface area contributed by atoms with Crippen molar-refractivity contribution in [3.63, 3.8) is 0 Å². The molecule has 1 unspecified atom stereocenters. The normalized spacial score (nSPS) is 17.6. The Balaban J connectivity index is 1.45. The Hall–Kier alpha value is -2.78. The van der Waals surface area contributed by atoms with Crippen LogP contribution >= 0.6 is 0 Å². The SMILES string of the molecule is CC(C)(C)OCN1CCCC1COc1noc2ccc(-c3ccc(OC(F)(F)F)cc3)cc12. The van der Waals surface area contributed by atoms with Gasteiger partial charge in [0, 0.05) is 12.6 Å². The van der Waals surface area contributed by atoms with Crippen molar-refractivity contribution in [1.29, 1.82) is 0 Å². The Morgan fingerprint density at radius 3 is 2.48 bits per heavy atom. The molecule has 0 saturated carbocycles. The fraction of sp³-hybridized carbons (Fsp3) is 0.458. The maximum Gasteiger partial charge on any atom is 0.573 e. The highest BCUT2D eigenvalue weighted by Gasteiger charge is 2.31. The molecule has 0 amide bonds. The molecular formula is C24H27F3N2O4. The lowest BCUT2D eigenvalue weighted by Crippen LogP contribution is -2.38. The number of hydrogen-bond donors (Lipinski definition) is 0. The van der Waals surface area contributed by atoms with Crippen molar-refractivity contribution in [2.45, 2.75) is 51.6 Å². The fourth-order valence-electron chi connectivity index (χ4n) is 3.75. The first kappa shape index (κ1) is 23.4. The van der Waals surface area contributed by atoms with Gasteiger partial charge in [0.1, 0.15) is 19.1 Å². The van der Waals surface area contributed by atoms with Gasteiger partial charge in [-0.15, -0.1) is 13.2 Å². The van der Waals surface area contributed by atoms with Crippen molar-refractivity contribution >= 4 is 11.0 Å². The molecular weight excluding hydrogens is 437 g/mol. The van der Waals surface area contributed by atoms with Crippen molar-refractivity contribution in [3.05, 3.63) is 42.5 Å². The molecule has 1 aromatic heterocycles. The molecule has 0 N–H and O–H groups in total. The molecule has 1 aliphatic heterocycles. The first-order valence-electron chi connectivity index (χ1n) is 10.8. The molecule has 0 aliphatic carbocycles. The van der Waals surface area contributed by atoms with Gasteiger partial charge in [0.05, 0.1) is 11.0 Å². The summed E-state index contributed by atoms with van der Waals surface area (Å²) in [7, 11) is 0. The molecule has 1 atom stereocenters. The summed E-state index contributed by atoms with van der Waals surface area (Å²) in [4.78, 5) is 2.27. The number of fused-ring (bicyclic) bond motifs is 1. The molecule has 0 bridgehead atoms. The minimum absolute atomic E-state index is 0.205. The first-order chi connectivity index (χ1) is 15.6. The van der Waals surface area contributed by atoms with Gasteiger partial charge in [-0.05, 0) is 74.2 Å². The molecule has 2 heterocycles. The molecule has 0 radical (unpaired) electrons. The molecule has 2 aromatic carbocycles. The van der Waals surface area contributed by atoms with Gasteiger partial charge in [-0.3, -0.25) is 4.90 Å². The molecule has 1 aliphatic rings. The van der Waals surface area contributed by atoms with Crippen molar-refractivity contribution in [2.75, 3.05) is 19.9 Å². The third-order valence-electron chi connectivity index (χ3n) is 5.43. The molecule has 33 heavy (non-hydrogen) atoms. The van der Waals surface area contributed by atoms with Crippen molar-refractivity contribution in [1.82, 2.24) is 10.1 Å². The number of rotatable bonds is 7. The monoisotopic (exact) mass is 464 g/mol. The van der Waals surface area contributed by atoms with Crippen LogP contribution in [0.15, 0.2) is 47.0 Å². The van der Waals surface area contributed by atoms with Crippen LogP contribution in [0.4, 0.5) is 13.2 Å².